The third-order valence-electron chi connectivity index (χ3n) is 3.21. The molecule has 112 valence electrons. The zero-order valence-electron chi connectivity index (χ0n) is 11.2. The molecular formula is C14H12F3NO3. The summed E-state index contributed by atoms with van der Waals surface area (Å²) < 4.78 is 37.9. The van der Waals surface area contributed by atoms with E-state index < -0.39 is 23.4 Å². The molecule has 1 aromatic rings. The number of benzene rings is 1. The Kier molecular flexibility index (Phi) is 3.85. The van der Waals surface area contributed by atoms with E-state index >= 15 is 0 Å². The van der Waals surface area contributed by atoms with Gasteiger partial charge in [0.05, 0.1) is 16.8 Å². The van der Waals surface area contributed by atoms with E-state index in [9.17, 15) is 27.6 Å². The number of anilines is 1. The summed E-state index contributed by atoms with van der Waals surface area (Å²) in [4.78, 5) is 35.6. The van der Waals surface area contributed by atoms with Crippen LogP contribution in [0, 0.1) is 0 Å². The second-order valence-corrected chi connectivity index (χ2v) is 4.82. The number of amides is 1. The molecule has 0 unspecified atom stereocenters. The van der Waals surface area contributed by atoms with Crippen molar-refractivity contribution in [3.63, 3.8) is 0 Å². The summed E-state index contributed by atoms with van der Waals surface area (Å²) in [5.74, 6) is -1.85. The molecule has 0 aliphatic carbocycles. The van der Waals surface area contributed by atoms with E-state index in [1.54, 1.807) is 0 Å². The first kappa shape index (κ1) is 15.2. The number of carbonyl (C=O) groups excluding carboxylic acids is 3. The number of rotatable bonds is 4. The second kappa shape index (κ2) is 5.31. The first-order chi connectivity index (χ1) is 9.71. The zero-order chi connectivity index (χ0) is 15.8. The minimum Gasteiger partial charge on any atom is -0.305 e. The third-order valence-corrected chi connectivity index (χ3v) is 3.21. The Morgan fingerprint density at radius 1 is 1.24 bits per heavy atom. The van der Waals surface area contributed by atoms with Crippen molar-refractivity contribution in [2.75, 3.05) is 11.4 Å². The number of carbonyl (C=O) groups is 3. The van der Waals surface area contributed by atoms with Crippen molar-refractivity contribution >= 4 is 23.2 Å². The third kappa shape index (κ3) is 2.96. The maximum Gasteiger partial charge on any atom is 0.416 e. The van der Waals surface area contributed by atoms with Gasteiger partial charge in [-0.25, -0.2) is 0 Å². The van der Waals surface area contributed by atoms with Crippen LogP contribution in [0.5, 0.6) is 0 Å². The molecule has 7 heteroatoms. The molecule has 0 radical (unpaired) electrons. The number of hydrogen-bond acceptors (Lipinski definition) is 3. The average Bonchev–Trinajstić information content (AvgIpc) is 2.62. The quantitative estimate of drug-likeness (QED) is 0.803. The Morgan fingerprint density at radius 3 is 2.48 bits per heavy atom. The van der Waals surface area contributed by atoms with Crippen LogP contribution < -0.4 is 4.90 Å². The molecule has 0 saturated carbocycles. The largest absolute Gasteiger partial charge is 0.416 e. The number of Topliss-reactive ketones (excluding diaryl/α,β-unsaturated/α-hetero) is 2. The zero-order valence-corrected chi connectivity index (χ0v) is 11.2. The highest BCUT2D eigenvalue weighted by molar-refractivity contribution is 6.52. The summed E-state index contributed by atoms with van der Waals surface area (Å²) in [5, 5.41) is 0. The van der Waals surface area contributed by atoms with Gasteiger partial charge in [0.2, 0.25) is 0 Å². The highest BCUT2D eigenvalue weighted by Crippen LogP contribution is 2.36. The van der Waals surface area contributed by atoms with E-state index in [4.69, 9.17) is 0 Å². The molecule has 0 fully saturated rings. The van der Waals surface area contributed by atoms with E-state index in [1.165, 1.54) is 6.92 Å². The number of hydrogen-bond donors (Lipinski definition) is 0. The van der Waals surface area contributed by atoms with Crippen LogP contribution in [0.4, 0.5) is 18.9 Å². The van der Waals surface area contributed by atoms with Crippen LogP contribution >= 0.6 is 0 Å². The molecule has 0 bridgehead atoms. The summed E-state index contributed by atoms with van der Waals surface area (Å²) >= 11 is 0. The Labute approximate surface area is 118 Å². The van der Waals surface area contributed by atoms with E-state index in [0.717, 1.165) is 17.0 Å². The predicted octanol–water partition coefficient (Wildman–Crippen LogP) is 2.60. The highest BCUT2D eigenvalue weighted by Gasteiger charge is 2.39. The molecule has 1 aliphatic heterocycles. The van der Waals surface area contributed by atoms with E-state index in [2.05, 4.69) is 0 Å². The summed E-state index contributed by atoms with van der Waals surface area (Å²) in [6.07, 6.45) is -3.97. The molecule has 1 aliphatic rings. The molecule has 1 amide bonds. The van der Waals surface area contributed by atoms with Gasteiger partial charge in [0.25, 0.3) is 11.7 Å². The van der Waals surface area contributed by atoms with Gasteiger partial charge in [0.1, 0.15) is 5.78 Å². The molecule has 2 rings (SSSR count). The summed E-state index contributed by atoms with van der Waals surface area (Å²) in [7, 11) is 0. The first-order valence-corrected chi connectivity index (χ1v) is 6.28. The van der Waals surface area contributed by atoms with Gasteiger partial charge < -0.3 is 9.69 Å². The molecule has 0 aromatic heterocycles. The lowest BCUT2D eigenvalue weighted by atomic mass is 10.1. The Bertz CT molecular complexity index is 622. The van der Waals surface area contributed by atoms with Gasteiger partial charge in [-0.2, -0.15) is 13.2 Å². The van der Waals surface area contributed by atoms with Crippen LogP contribution in [0.1, 0.15) is 35.7 Å². The van der Waals surface area contributed by atoms with E-state index in [1.807, 2.05) is 0 Å². The van der Waals surface area contributed by atoms with Crippen molar-refractivity contribution in [3.8, 4) is 0 Å². The molecule has 0 N–H and O–H groups in total. The lowest BCUT2D eigenvalue weighted by Crippen LogP contribution is -2.30. The van der Waals surface area contributed by atoms with Crippen LogP contribution in [-0.2, 0) is 15.8 Å². The normalized spacial score (nSPS) is 14.6. The van der Waals surface area contributed by atoms with Gasteiger partial charge in [-0.1, -0.05) is 0 Å². The minimum atomic E-state index is -4.57. The lowest BCUT2D eigenvalue weighted by molar-refractivity contribution is -0.137. The number of alkyl halides is 3. The maximum absolute atomic E-state index is 12.6. The molecule has 0 atom stereocenters. The van der Waals surface area contributed by atoms with Crippen molar-refractivity contribution in [3.05, 3.63) is 29.3 Å². The fraction of sp³-hybridized carbons (Fsp3) is 0.357. The number of halogens is 3. The molecule has 0 saturated heterocycles. The van der Waals surface area contributed by atoms with Crippen molar-refractivity contribution in [2.24, 2.45) is 0 Å². The van der Waals surface area contributed by atoms with Crippen LogP contribution in [0.15, 0.2) is 18.2 Å². The monoisotopic (exact) mass is 299 g/mol. The van der Waals surface area contributed by atoms with Gasteiger partial charge in [0.15, 0.2) is 0 Å². The molecule has 4 nitrogen and oxygen atoms in total. The first-order valence-electron chi connectivity index (χ1n) is 6.28. The molecular weight excluding hydrogens is 287 g/mol. The SMILES string of the molecule is CC(=O)CCCN1C(=O)C(=O)c2cc(C(F)(F)F)ccc21. The molecule has 0 spiro atoms. The fourth-order valence-corrected chi connectivity index (χ4v) is 2.18. The van der Waals surface area contributed by atoms with E-state index in [0.29, 0.717) is 12.5 Å². The number of ketones is 2. The van der Waals surface area contributed by atoms with Crippen molar-refractivity contribution in [1.82, 2.24) is 0 Å². The van der Waals surface area contributed by atoms with Crippen LogP contribution in [-0.4, -0.2) is 24.0 Å². The van der Waals surface area contributed by atoms with Crippen molar-refractivity contribution in [2.45, 2.75) is 25.9 Å². The van der Waals surface area contributed by atoms with Crippen LogP contribution in [0.2, 0.25) is 0 Å². The topological polar surface area (TPSA) is 54.5 Å². The number of nitrogens with zero attached hydrogens (tertiary/aromatic N) is 1. The van der Waals surface area contributed by atoms with Crippen LogP contribution in [0.25, 0.3) is 0 Å². The molecule has 21 heavy (non-hydrogen) atoms. The lowest BCUT2D eigenvalue weighted by Gasteiger charge is -2.16. The predicted molar refractivity (Wildman–Crippen MR) is 68.0 cm³/mol. The van der Waals surface area contributed by atoms with Gasteiger partial charge in [0, 0.05) is 13.0 Å². The maximum atomic E-state index is 12.6. The van der Waals surface area contributed by atoms with Gasteiger partial charge in [-0.3, -0.25) is 9.59 Å². The van der Waals surface area contributed by atoms with Gasteiger partial charge in [-0.15, -0.1) is 0 Å². The second-order valence-electron chi connectivity index (χ2n) is 4.82. The van der Waals surface area contributed by atoms with E-state index in [-0.39, 0.29) is 30.0 Å². The highest BCUT2D eigenvalue weighted by atomic mass is 19.4. The van der Waals surface area contributed by atoms with Gasteiger partial charge in [-0.05, 0) is 31.5 Å². The minimum absolute atomic E-state index is 0.0550. The van der Waals surface area contributed by atoms with Crippen molar-refractivity contribution < 1.29 is 27.6 Å². The average molecular weight is 299 g/mol. The Hall–Kier alpha value is -2.18. The molecule has 1 heterocycles. The summed E-state index contributed by atoms with van der Waals surface area (Å²) in [5.41, 5.74) is -1.04. The Morgan fingerprint density at radius 2 is 1.90 bits per heavy atom. The smallest absolute Gasteiger partial charge is 0.305 e. The summed E-state index contributed by atoms with van der Waals surface area (Å²) in [6, 6.07) is 2.65. The number of fused-ring (bicyclic) bond motifs is 1. The fourth-order valence-electron chi connectivity index (χ4n) is 2.18. The summed E-state index contributed by atoms with van der Waals surface area (Å²) in [6.45, 7) is 1.53. The van der Waals surface area contributed by atoms with Crippen molar-refractivity contribution in [1.29, 1.82) is 0 Å². The van der Waals surface area contributed by atoms with Gasteiger partial charge >= 0.3 is 6.18 Å². The Balaban J connectivity index is 2.28. The van der Waals surface area contributed by atoms with Crippen LogP contribution in [0.3, 0.4) is 0 Å². The molecule has 1 aromatic carbocycles. The standard InChI is InChI=1S/C14H12F3NO3/c1-8(19)3-2-6-18-11-5-4-9(14(15,16)17)7-10(11)12(20)13(18)21/h4-5,7H,2-3,6H2,1H3.